The fraction of sp³-hybridized carbons (Fsp3) is 0.542. The molecule has 0 saturated carbocycles. The van der Waals surface area contributed by atoms with E-state index in [2.05, 4.69) is 108 Å². The van der Waals surface area contributed by atoms with Crippen molar-refractivity contribution in [2.45, 2.75) is 292 Å². The minimum atomic E-state index is -1.55. The molecule has 1 aliphatic heterocycles. The summed E-state index contributed by atoms with van der Waals surface area (Å²) in [7, 11) is 0. The Morgan fingerprint density at radius 1 is 0.353 bits per heavy atom. The van der Waals surface area contributed by atoms with Crippen LogP contribution < -0.4 is 142 Å². The number of hydrogen-bond donors (Lipinski definition) is 28. The van der Waals surface area contributed by atoms with Gasteiger partial charge in [-0.1, -0.05) is 191 Å². The molecule has 1 heterocycles. The third-order valence-electron chi connectivity index (χ3n) is 25.4. The maximum Gasteiger partial charge on any atom is 0.243 e. The van der Waals surface area contributed by atoms with Crippen molar-refractivity contribution in [3.63, 3.8) is 0 Å². The first-order valence-electron chi connectivity index (χ1n) is 52.4. The van der Waals surface area contributed by atoms with E-state index >= 15 is 43.2 Å². The fourth-order valence-corrected chi connectivity index (χ4v) is 16.8. The van der Waals surface area contributed by atoms with E-state index in [4.69, 9.17) is 56.7 Å². The van der Waals surface area contributed by atoms with Crippen molar-refractivity contribution in [3.05, 3.63) is 179 Å². The molecule has 822 valence electrons. The topological polar surface area (TPSA) is 728 Å². The van der Waals surface area contributed by atoms with Crippen molar-refractivity contribution in [2.75, 3.05) is 65.4 Å². The number of amides is 15. The minimum Gasteiger partial charge on any atom is -0.370 e. The van der Waals surface area contributed by atoms with Crippen LogP contribution in [0.2, 0.25) is 0 Å². The largest absolute Gasteiger partial charge is 0.370 e. The van der Waals surface area contributed by atoms with Gasteiger partial charge in [0, 0.05) is 45.2 Å². The smallest absolute Gasteiger partial charge is 0.243 e. The Bertz CT molecular complexity index is 5090. The molecule has 0 bridgehead atoms. The van der Waals surface area contributed by atoms with Gasteiger partial charge in [0.15, 0.2) is 11.9 Å². The summed E-state index contributed by atoms with van der Waals surface area (Å²) in [5.41, 5.74) is 50.1. The number of unbranched alkanes of at least 4 members (excludes halogenated alkanes) is 4. The second-order valence-electron chi connectivity index (χ2n) is 38.4. The molecule has 0 fully saturated rings. The lowest BCUT2D eigenvalue weighted by molar-refractivity contribution is -0.136. The van der Waals surface area contributed by atoms with Gasteiger partial charge in [0.2, 0.25) is 88.6 Å². The van der Waals surface area contributed by atoms with E-state index in [9.17, 15) is 28.8 Å². The van der Waals surface area contributed by atoms with Crippen LogP contribution in [0, 0.1) is 34.5 Å². The van der Waals surface area contributed by atoms with Gasteiger partial charge in [-0.2, -0.15) is 0 Å². The average Bonchev–Trinajstić information content (AvgIpc) is 0.869. The lowest BCUT2D eigenvalue weighted by atomic mass is 10.00. The van der Waals surface area contributed by atoms with E-state index in [1.165, 1.54) is 0 Å². The predicted molar refractivity (Wildman–Crippen MR) is 576 cm³/mol. The maximum absolute atomic E-state index is 15.7. The van der Waals surface area contributed by atoms with E-state index in [1.807, 2.05) is 0 Å². The molecule has 43 nitrogen and oxygen atoms in total. The second-order valence-corrected chi connectivity index (χ2v) is 38.4. The Morgan fingerprint density at radius 2 is 0.673 bits per heavy atom. The molecule has 0 aliphatic carbocycles. The van der Waals surface area contributed by atoms with Crippen LogP contribution in [0.3, 0.4) is 0 Å². The summed E-state index contributed by atoms with van der Waals surface area (Å²) in [6.45, 7) is 9.18. The Labute approximate surface area is 880 Å². The van der Waals surface area contributed by atoms with E-state index in [0.717, 1.165) is 0 Å². The van der Waals surface area contributed by atoms with E-state index < -0.39 is 191 Å². The van der Waals surface area contributed by atoms with Crippen LogP contribution in [-0.2, 0) is 104 Å². The number of nitrogens with two attached hydrogens (primary N) is 8. The third kappa shape index (κ3) is 48.5. The number of carbonyl (C=O) groups excluding carboxylic acids is 15. The molecular weight excluding hydrogens is 1920 g/mol. The van der Waals surface area contributed by atoms with Crippen LogP contribution in [-0.4, -0.2) is 257 Å². The summed E-state index contributed by atoms with van der Waals surface area (Å²) < 4.78 is 0. The number of carbonyl (C=O) groups is 15. The maximum atomic E-state index is 15.7. The number of nitrogens with one attached hydrogen (secondary N) is 20. The van der Waals surface area contributed by atoms with Crippen LogP contribution in [0.4, 0.5) is 0 Å². The lowest BCUT2D eigenvalue weighted by Gasteiger charge is -2.29. The van der Waals surface area contributed by atoms with Crippen molar-refractivity contribution in [2.24, 2.45) is 57.7 Å². The summed E-state index contributed by atoms with van der Waals surface area (Å²) in [6, 6.07) is 23.0. The minimum absolute atomic E-state index is 0.0113. The van der Waals surface area contributed by atoms with Gasteiger partial charge in [0.1, 0.15) is 84.6 Å². The molecule has 5 aromatic rings. The number of hydrogen-bond acceptors (Lipinski definition) is 24. The first-order chi connectivity index (χ1) is 72.1. The molecule has 5 aromatic carbocycles. The van der Waals surface area contributed by atoms with Crippen LogP contribution in [0.5, 0.6) is 0 Å². The number of rotatable bonds is 57. The van der Waals surface area contributed by atoms with Crippen molar-refractivity contribution >= 4 is 101 Å². The molecule has 0 aromatic heterocycles. The Hall–Kier alpha value is -14.0. The summed E-state index contributed by atoms with van der Waals surface area (Å²) in [4.78, 5) is 224. The van der Waals surface area contributed by atoms with E-state index in [0.29, 0.717) is 105 Å². The molecule has 1 aliphatic rings. The number of benzene rings is 5. The summed E-state index contributed by atoms with van der Waals surface area (Å²) >= 11 is 0. The molecule has 6 rings (SSSR count). The van der Waals surface area contributed by atoms with Crippen LogP contribution in [0.1, 0.15) is 197 Å². The molecule has 0 unspecified atom stereocenters. The molecule has 150 heavy (non-hydrogen) atoms. The highest BCUT2D eigenvalue weighted by atomic mass is 16.2. The third-order valence-corrected chi connectivity index (χ3v) is 25.4. The zero-order valence-electron chi connectivity index (χ0n) is 87.2. The summed E-state index contributed by atoms with van der Waals surface area (Å²) in [5.74, 6) is -7.36. The first kappa shape index (κ1) is 125. The standard InChI is InChI=1S/C107H164N28O15/c1-69(2)89(112)105(150)129-81(49-23-29-57-111)94(139)125-83(53-35-63-121-107(116)117)99(144)131-85(65-72-38-12-6-13-39-72)101(146)127-77(47-21-27-55-109)93(138)123-79-50-24-30-58-118-60-32-33-61-119-59-31-25-51-80(124-95(140)82(52-34-62-120-106(114)115)128-102(147)86(66-73-40-14-7-15-41-73)134-103(148)87(132-98(79)143)67-74-42-16-8-17-43-74)97(142)130-84(64-71-36-10-5-11-37-71)100(145)126-76(46-20-26-54-108)92(137)122-78(48-22-28-56-110)96(141)133-88(68-75-44-18-9-19-45-75)104(149)135-90(70(3)4)91(113)136/h5-19,36-45,69-70,76-90,118-119H,20-31,34-35,46-68,108-112H2,1-4H3,(H2,113,136)(H,122,137)(H,123,138)(H,124,140)(H,125,139)(H,126,145)(H,127,146)(H,128,147)(H,129,150)(H,130,142)(H,131,144)(H,132,143)(H,133,141)(H,134,148)(H,135,149)(H4,114,115,120)(H4,116,117,121)/t76-,77-,78-,79-,80-,81-,82-,83-,84-,85-,86-,87-,88-,89-,90-/m0/s1. The zero-order valence-corrected chi connectivity index (χ0v) is 87.2. The molecular formula is C107H164N28O15. The fourth-order valence-electron chi connectivity index (χ4n) is 16.8. The highest BCUT2D eigenvalue weighted by Crippen LogP contribution is 2.19. The van der Waals surface area contributed by atoms with Gasteiger partial charge in [-0.25, -0.2) is 0 Å². The van der Waals surface area contributed by atoms with Crippen molar-refractivity contribution in [1.29, 1.82) is 10.8 Å². The van der Waals surface area contributed by atoms with Crippen molar-refractivity contribution in [3.8, 4) is 11.8 Å². The van der Waals surface area contributed by atoms with Crippen LogP contribution in [0.25, 0.3) is 0 Å². The molecule has 36 N–H and O–H groups in total. The number of primary amides is 1. The molecule has 15 atom stereocenters. The van der Waals surface area contributed by atoms with Gasteiger partial charge in [0.05, 0.1) is 19.1 Å². The predicted octanol–water partition coefficient (Wildman–Crippen LogP) is -1.31. The van der Waals surface area contributed by atoms with Gasteiger partial charge in [-0.15, -0.1) is 0 Å². The van der Waals surface area contributed by atoms with Crippen molar-refractivity contribution in [1.82, 2.24) is 95.7 Å². The highest BCUT2D eigenvalue weighted by molar-refractivity contribution is 6.01. The molecule has 43 heteroatoms. The van der Waals surface area contributed by atoms with E-state index in [1.54, 1.807) is 179 Å². The normalized spacial score (nSPS) is 17.7. The second kappa shape index (κ2) is 70.8. The van der Waals surface area contributed by atoms with E-state index in [-0.39, 0.29) is 173 Å². The first-order valence-corrected chi connectivity index (χ1v) is 52.4. The molecule has 0 spiro atoms. The number of guanidine groups is 2. The SMILES string of the molecule is CC(C)[C@H](N)C(=O)N[C@@H](CCCCN)C(=O)N[C@@H](CCCNC(=N)N)C(=O)N[C@@H](Cc1ccccc1)C(=O)N[C@@H](CCCCN)C(=O)N[C@H]1CCCCNCC#CCNCCCC[C@@H](C(=O)N[C@@H](Cc2ccccc2)C(=O)N[C@@H](CCCCN)C(=O)N[C@@H](CCCCN)C(=O)N[C@@H](Cc2ccccc2)C(=O)N[C@H](C(N)=O)C(C)C)NC(=O)[C@H](CCCNC(=N)N)NC(=O)[C@H](Cc2ccccc2)NC(=O)[C@H](Cc2ccccc2)NC1=O. The lowest BCUT2D eigenvalue weighted by Crippen LogP contribution is -2.61. The Morgan fingerprint density at radius 3 is 1.05 bits per heavy atom. The Balaban J connectivity index is 1.38. The van der Waals surface area contributed by atoms with Crippen LogP contribution in [0.15, 0.2) is 152 Å². The average molecular weight is 2080 g/mol. The quantitative estimate of drug-likeness (QED) is 0.00930. The Kier molecular flexibility index (Phi) is 58.8. The highest BCUT2D eigenvalue weighted by Gasteiger charge is 2.40. The van der Waals surface area contributed by atoms with Gasteiger partial charge < -0.3 is 142 Å². The van der Waals surface area contributed by atoms with Crippen molar-refractivity contribution < 1.29 is 71.9 Å². The summed E-state index contributed by atoms with van der Waals surface area (Å²) in [6.07, 6.45) is 3.75. The van der Waals surface area contributed by atoms with Crippen LogP contribution >= 0.6 is 0 Å². The molecule has 0 radical (unpaired) electrons. The van der Waals surface area contributed by atoms with Gasteiger partial charge >= 0.3 is 0 Å². The van der Waals surface area contributed by atoms with Gasteiger partial charge in [-0.3, -0.25) is 82.7 Å². The molecule has 15 amide bonds. The monoisotopic (exact) mass is 2080 g/mol. The zero-order chi connectivity index (χ0) is 109. The van der Waals surface area contributed by atoms with Gasteiger partial charge in [-0.05, 0) is 220 Å². The van der Waals surface area contributed by atoms with Gasteiger partial charge in [0.25, 0.3) is 0 Å². The molecule has 0 saturated heterocycles. The summed E-state index contributed by atoms with van der Waals surface area (Å²) in [5, 5.41) is 67.5.